The summed E-state index contributed by atoms with van der Waals surface area (Å²) >= 11 is 6.27. The summed E-state index contributed by atoms with van der Waals surface area (Å²) < 4.78 is 16.7. The molecule has 37 heavy (non-hydrogen) atoms. The van der Waals surface area contributed by atoms with Crippen LogP contribution in [0.25, 0.3) is 45.1 Å². The molecule has 0 aliphatic rings. The predicted molar refractivity (Wildman–Crippen MR) is 148 cm³/mol. The van der Waals surface area contributed by atoms with Gasteiger partial charge < -0.3 is 9.55 Å². The number of rotatable bonds is 5. The van der Waals surface area contributed by atoms with Crippen molar-refractivity contribution in [2.75, 3.05) is 0 Å². The van der Waals surface area contributed by atoms with Crippen molar-refractivity contribution in [3.05, 3.63) is 119 Å². The second-order valence-electron chi connectivity index (χ2n) is 9.23. The second-order valence-corrected chi connectivity index (χ2v) is 9.64. The van der Waals surface area contributed by atoms with Gasteiger partial charge in [0.2, 0.25) is 0 Å². The topological polar surface area (TPSA) is 46.5 Å². The molecule has 0 atom stereocenters. The summed E-state index contributed by atoms with van der Waals surface area (Å²) in [6, 6.07) is 29.6. The zero-order valence-corrected chi connectivity index (χ0v) is 21.2. The Labute approximate surface area is 219 Å². The molecular weight excluding hydrogens is 483 g/mol. The van der Waals surface area contributed by atoms with Gasteiger partial charge in [0.25, 0.3) is 0 Å². The number of nitrogens with zero attached hydrogens (tertiary/aromatic N) is 3. The summed E-state index contributed by atoms with van der Waals surface area (Å²) in [6.07, 6.45) is 0. The highest BCUT2D eigenvalue weighted by Gasteiger charge is 2.18. The maximum Gasteiger partial charge on any atom is 0.142 e. The normalized spacial score (nSPS) is 11.4. The van der Waals surface area contributed by atoms with E-state index in [2.05, 4.69) is 71.1 Å². The van der Waals surface area contributed by atoms with Gasteiger partial charge in [0.1, 0.15) is 17.5 Å². The fourth-order valence-corrected chi connectivity index (χ4v) is 4.99. The summed E-state index contributed by atoms with van der Waals surface area (Å²) in [5, 5.41) is 0.322. The standard InChI is InChI=1S/C31H24ClFN4/c1-19-11-16-26-27(17-19)37(18-21-7-4-3-5-8-21)31(35-26)23-14-12-22(13-15-23)29-20(2)34-30(36-29)28-24(32)9-6-10-25(28)33/h3-17H,18H2,1-2H3,(H,34,36). The molecule has 4 aromatic carbocycles. The summed E-state index contributed by atoms with van der Waals surface area (Å²) in [4.78, 5) is 12.9. The monoisotopic (exact) mass is 506 g/mol. The molecule has 182 valence electrons. The molecule has 0 aliphatic carbocycles. The summed E-state index contributed by atoms with van der Waals surface area (Å²) in [7, 11) is 0. The van der Waals surface area contributed by atoms with Gasteiger partial charge in [-0.2, -0.15) is 0 Å². The number of nitrogens with one attached hydrogen (secondary N) is 1. The highest BCUT2D eigenvalue weighted by atomic mass is 35.5. The maximum absolute atomic E-state index is 14.5. The van der Waals surface area contributed by atoms with Crippen LogP contribution in [-0.2, 0) is 6.54 Å². The van der Waals surface area contributed by atoms with E-state index in [1.54, 1.807) is 12.1 Å². The average Bonchev–Trinajstić information content (AvgIpc) is 3.45. The minimum absolute atomic E-state index is 0.278. The second kappa shape index (κ2) is 9.34. The first kappa shape index (κ1) is 23.2. The van der Waals surface area contributed by atoms with Gasteiger partial charge in [0.05, 0.1) is 27.3 Å². The van der Waals surface area contributed by atoms with E-state index >= 15 is 0 Å². The highest BCUT2D eigenvalue weighted by Crippen LogP contribution is 2.33. The van der Waals surface area contributed by atoms with E-state index in [4.69, 9.17) is 21.6 Å². The van der Waals surface area contributed by atoms with Crippen LogP contribution in [0.3, 0.4) is 0 Å². The van der Waals surface area contributed by atoms with Crippen molar-refractivity contribution in [2.24, 2.45) is 0 Å². The lowest BCUT2D eigenvalue weighted by atomic mass is 10.1. The predicted octanol–water partition coefficient (Wildman–Crippen LogP) is 8.22. The molecule has 0 spiro atoms. The molecule has 2 heterocycles. The first-order valence-electron chi connectivity index (χ1n) is 12.1. The van der Waals surface area contributed by atoms with Gasteiger partial charge in [-0.1, -0.05) is 78.3 Å². The fraction of sp³-hybridized carbons (Fsp3) is 0.0968. The zero-order valence-electron chi connectivity index (χ0n) is 20.5. The first-order chi connectivity index (χ1) is 18.0. The lowest BCUT2D eigenvalue weighted by molar-refractivity contribution is 0.630. The van der Waals surface area contributed by atoms with E-state index < -0.39 is 5.82 Å². The number of hydrogen-bond acceptors (Lipinski definition) is 2. The molecule has 6 aromatic rings. The van der Waals surface area contributed by atoms with Crippen molar-refractivity contribution in [3.8, 4) is 34.0 Å². The number of fused-ring (bicyclic) bond motifs is 1. The average molecular weight is 507 g/mol. The number of aryl methyl sites for hydroxylation is 2. The number of aromatic nitrogens is 4. The number of halogens is 2. The third-order valence-electron chi connectivity index (χ3n) is 6.59. The Morgan fingerprint density at radius 2 is 1.59 bits per heavy atom. The Morgan fingerprint density at radius 1 is 0.838 bits per heavy atom. The molecule has 2 aromatic heterocycles. The van der Waals surface area contributed by atoms with Crippen molar-refractivity contribution < 1.29 is 4.39 Å². The lowest BCUT2D eigenvalue weighted by Gasteiger charge is -2.10. The molecule has 6 heteroatoms. The van der Waals surface area contributed by atoms with Gasteiger partial charge in [0, 0.05) is 23.4 Å². The number of imidazole rings is 2. The van der Waals surface area contributed by atoms with E-state index in [-0.39, 0.29) is 5.56 Å². The smallest absolute Gasteiger partial charge is 0.142 e. The molecule has 0 radical (unpaired) electrons. The Balaban J connectivity index is 1.40. The van der Waals surface area contributed by atoms with Gasteiger partial charge in [-0.05, 0) is 49.2 Å². The molecule has 0 saturated heterocycles. The summed E-state index contributed by atoms with van der Waals surface area (Å²) in [5.74, 6) is 0.920. The first-order valence-corrected chi connectivity index (χ1v) is 12.5. The lowest BCUT2D eigenvalue weighted by Crippen LogP contribution is -2.02. The van der Waals surface area contributed by atoms with Crippen LogP contribution >= 0.6 is 11.6 Å². The molecule has 0 amide bonds. The Morgan fingerprint density at radius 3 is 2.35 bits per heavy atom. The molecule has 4 nitrogen and oxygen atoms in total. The van der Waals surface area contributed by atoms with Crippen molar-refractivity contribution in [2.45, 2.75) is 20.4 Å². The number of aromatic amines is 1. The molecular formula is C31H24ClFN4. The largest absolute Gasteiger partial charge is 0.341 e. The van der Waals surface area contributed by atoms with Crippen molar-refractivity contribution in [1.82, 2.24) is 19.5 Å². The van der Waals surface area contributed by atoms with Gasteiger partial charge in [0.15, 0.2) is 0 Å². The highest BCUT2D eigenvalue weighted by molar-refractivity contribution is 6.33. The van der Waals surface area contributed by atoms with Crippen LogP contribution in [0.4, 0.5) is 4.39 Å². The third kappa shape index (κ3) is 4.32. The molecule has 0 unspecified atom stereocenters. The molecule has 0 aliphatic heterocycles. The van der Waals surface area contributed by atoms with Gasteiger partial charge in [-0.25, -0.2) is 14.4 Å². The van der Waals surface area contributed by atoms with Crippen LogP contribution < -0.4 is 0 Å². The van der Waals surface area contributed by atoms with Gasteiger partial charge >= 0.3 is 0 Å². The van der Waals surface area contributed by atoms with Crippen LogP contribution in [-0.4, -0.2) is 19.5 Å². The van der Waals surface area contributed by atoms with Crippen molar-refractivity contribution >= 4 is 22.6 Å². The quantitative estimate of drug-likeness (QED) is 0.256. The van der Waals surface area contributed by atoms with E-state index in [1.807, 2.05) is 25.1 Å². The number of hydrogen-bond donors (Lipinski definition) is 1. The van der Waals surface area contributed by atoms with Crippen LogP contribution in [0, 0.1) is 19.7 Å². The molecule has 0 bridgehead atoms. The Kier molecular flexibility index (Phi) is 5.85. The fourth-order valence-electron chi connectivity index (χ4n) is 4.74. The minimum Gasteiger partial charge on any atom is -0.341 e. The van der Waals surface area contributed by atoms with E-state index in [0.29, 0.717) is 10.8 Å². The molecule has 1 N–H and O–H groups in total. The van der Waals surface area contributed by atoms with Crippen LogP contribution in [0.15, 0.2) is 91.0 Å². The Bertz CT molecular complexity index is 1710. The molecule has 6 rings (SSSR count). The van der Waals surface area contributed by atoms with Gasteiger partial charge in [-0.3, -0.25) is 0 Å². The minimum atomic E-state index is -0.407. The van der Waals surface area contributed by atoms with E-state index in [9.17, 15) is 4.39 Å². The van der Waals surface area contributed by atoms with Crippen molar-refractivity contribution in [3.63, 3.8) is 0 Å². The maximum atomic E-state index is 14.5. The summed E-state index contributed by atoms with van der Waals surface area (Å²) in [5.41, 5.74) is 8.31. The van der Waals surface area contributed by atoms with E-state index in [1.165, 1.54) is 17.2 Å². The SMILES string of the molecule is Cc1ccc2nc(-c3ccc(-c4nc(-c5c(F)cccc5Cl)[nH]c4C)cc3)n(Cc3ccccc3)c2c1. The zero-order chi connectivity index (χ0) is 25.5. The van der Waals surface area contributed by atoms with E-state index in [0.717, 1.165) is 45.9 Å². The van der Waals surface area contributed by atoms with Crippen LogP contribution in [0.2, 0.25) is 5.02 Å². The van der Waals surface area contributed by atoms with Crippen molar-refractivity contribution in [1.29, 1.82) is 0 Å². The van der Waals surface area contributed by atoms with Gasteiger partial charge in [-0.15, -0.1) is 0 Å². The van der Waals surface area contributed by atoms with Crippen LogP contribution in [0.1, 0.15) is 16.8 Å². The molecule has 0 saturated carbocycles. The third-order valence-corrected chi connectivity index (χ3v) is 6.90. The summed E-state index contributed by atoms with van der Waals surface area (Å²) in [6.45, 7) is 4.75. The molecule has 0 fully saturated rings. The number of benzene rings is 4. The van der Waals surface area contributed by atoms with Crippen LogP contribution in [0.5, 0.6) is 0 Å². The Hall–Kier alpha value is -4.22. The number of H-pyrrole nitrogens is 1.